The summed E-state index contributed by atoms with van der Waals surface area (Å²) in [4.78, 5) is 0. The first kappa shape index (κ1) is 27.0. The second kappa shape index (κ2) is 12.4. The third kappa shape index (κ3) is 6.34. The summed E-state index contributed by atoms with van der Waals surface area (Å²) in [6.45, 7) is 14.6. The van der Waals surface area contributed by atoms with Crippen LogP contribution in [-0.4, -0.2) is 0 Å². The maximum Gasteiger partial charge on any atom is 0.166 e. The summed E-state index contributed by atoms with van der Waals surface area (Å²) in [7, 11) is 0. The number of halogens is 4. The van der Waals surface area contributed by atoms with E-state index in [1.165, 1.54) is 0 Å². The molecule has 188 valence electrons. The van der Waals surface area contributed by atoms with Crippen LogP contribution in [0.4, 0.5) is 17.6 Å². The van der Waals surface area contributed by atoms with Gasteiger partial charge in [-0.3, -0.25) is 0 Å². The van der Waals surface area contributed by atoms with Crippen LogP contribution in [0, 0.1) is 17.8 Å². The molecule has 0 N–H and O–H groups in total. The van der Waals surface area contributed by atoms with E-state index < -0.39 is 34.5 Å². The van der Waals surface area contributed by atoms with E-state index in [1.54, 1.807) is 12.2 Å². The molecule has 0 radical (unpaired) electrons. The van der Waals surface area contributed by atoms with Gasteiger partial charge in [-0.1, -0.05) is 43.5 Å². The van der Waals surface area contributed by atoms with Gasteiger partial charge >= 0.3 is 0 Å². The van der Waals surface area contributed by atoms with Crippen molar-refractivity contribution in [3.63, 3.8) is 0 Å². The minimum Gasteiger partial charge on any atom is -0.203 e. The quantitative estimate of drug-likeness (QED) is 0.260. The fourth-order valence-corrected chi connectivity index (χ4v) is 5.30. The molecule has 4 heteroatoms. The Labute approximate surface area is 207 Å². The molecule has 0 aromatic rings. The smallest absolute Gasteiger partial charge is 0.166 e. The molecule has 0 spiro atoms. The molecule has 0 aromatic heterocycles. The highest BCUT2D eigenvalue weighted by Crippen LogP contribution is 2.43. The zero-order valence-electron chi connectivity index (χ0n) is 20.5. The molecule has 3 rings (SSSR count). The number of allylic oxidation sites excluding steroid dienone is 14. The molecule has 0 nitrogen and oxygen atoms in total. The molecule has 0 amide bonds. The number of hydrogen-bond acceptors (Lipinski definition) is 0. The minimum absolute atomic E-state index is 0.130. The van der Waals surface area contributed by atoms with Crippen molar-refractivity contribution in [1.82, 2.24) is 0 Å². The van der Waals surface area contributed by atoms with E-state index in [2.05, 4.69) is 26.3 Å². The van der Waals surface area contributed by atoms with Crippen LogP contribution in [0.3, 0.4) is 0 Å². The standard InChI is InChI=1S/C31H36F4/c1-5-7-9-23-14-18-25(19-15-23)27-11-8-10-26(24-16-12-22(6-2)13-17-24)30(34)28(32)20(3)21(4)29(33)31(27)35/h5-6,10-11,16,22-23,25H,1-4,7-9,12-15,17-19H2/b26-10-,27-11-,30-28-,31-29-. The largest absolute Gasteiger partial charge is 0.203 e. The van der Waals surface area contributed by atoms with Crippen molar-refractivity contribution in [2.24, 2.45) is 17.8 Å². The predicted octanol–water partition coefficient (Wildman–Crippen LogP) is 10.3. The van der Waals surface area contributed by atoms with Gasteiger partial charge in [-0.15, -0.1) is 13.2 Å². The van der Waals surface area contributed by atoms with Crippen molar-refractivity contribution in [3.8, 4) is 0 Å². The van der Waals surface area contributed by atoms with Crippen LogP contribution in [0.5, 0.6) is 0 Å². The van der Waals surface area contributed by atoms with Gasteiger partial charge in [-0.05, 0) is 93.1 Å². The van der Waals surface area contributed by atoms with Gasteiger partial charge in [0, 0.05) is 16.7 Å². The fourth-order valence-electron chi connectivity index (χ4n) is 5.30. The van der Waals surface area contributed by atoms with Gasteiger partial charge in [0.25, 0.3) is 0 Å². The van der Waals surface area contributed by atoms with Crippen molar-refractivity contribution in [2.45, 2.75) is 64.2 Å². The molecule has 0 aromatic carbocycles. The van der Waals surface area contributed by atoms with Crippen LogP contribution in [0.25, 0.3) is 0 Å². The zero-order valence-corrected chi connectivity index (χ0v) is 20.5. The molecule has 3 aliphatic rings. The van der Waals surface area contributed by atoms with Crippen molar-refractivity contribution < 1.29 is 17.6 Å². The maximum atomic E-state index is 15.4. The first-order valence-electron chi connectivity index (χ1n) is 12.6. The first-order valence-corrected chi connectivity index (χ1v) is 12.6. The molecule has 1 fully saturated rings. The second-order valence-corrected chi connectivity index (χ2v) is 9.81. The van der Waals surface area contributed by atoms with Crippen molar-refractivity contribution in [2.75, 3.05) is 0 Å². The Morgan fingerprint density at radius 2 is 1.46 bits per heavy atom. The molecular weight excluding hydrogens is 448 g/mol. The first-order chi connectivity index (χ1) is 16.8. The summed E-state index contributed by atoms with van der Waals surface area (Å²) in [5.74, 6) is -4.02. The van der Waals surface area contributed by atoms with Gasteiger partial charge < -0.3 is 0 Å². The molecule has 0 aliphatic heterocycles. The lowest BCUT2D eigenvalue weighted by atomic mass is 9.76. The summed E-state index contributed by atoms with van der Waals surface area (Å²) in [5.41, 5.74) is -0.0474. The fraction of sp³-hybridized carbons (Fsp3) is 0.419. The van der Waals surface area contributed by atoms with E-state index >= 15 is 17.6 Å². The highest BCUT2D eigenvalue weighted by Gasteiger charge is 2.30. The SMILES string of the molecule is C=CCCC1CCC(C2=C/C/C=C(C3=CCC(C=C)CC3)\C(F)=C(\F)C(=C)C(=C)/C(F)=C\2F)CC1. The van der Waals surface area contributed by atoms with E-state index in [-0.39, 0.29) is 23.5 Å². The van der Waals surface area contributed by atoms with Gasteiger partial charge in [0.2, 0.25) is 0 Å². The van der Waals surface area contributed by atoms with Gasteiger partial charge in [-0.2, -0.15) is 0 Å². The Bertz CT molecular complexity index is 1020. The summed E-state index contributed by atoms with van der Waals surface area (Å²) in [5, 5.41) is 0. The van der Waals surface area contributed by atoms with Crippen molar-refractivity contribution >= 4 is 0 Å². The highest BCUT2D eigenvalue weighted by atomic mass is 19.2. The lowest BCUT2D eigenvalue weighted by molar-refractivity contribution is 0.286. The Morgan fingerprint density at radius 3 is 2.03 bits per heavy atom. The monoisotopic (exact) mass is 484 g/mol. The van der Waals surface area contributed by atoms with Gasteiger partial charge in [0.1, 0.15) is 0 Å². The van der Waals surface area contributed by atoms with Crippen LogP contribution in [0.2, 0.25) is 0 Å². The van der Waals surface area contributed by atoms with Crippen LogP contribution < -0.4 is 0 Å². The van der Waals surface area contributed by atoms with Gasteiger partial charge in [-0.25, -0.2) is 17.6 Å². The van der Waals surface area contributed by atoms with E-state index in [0.29, 0.717) is 30.3 Å². The molecule has 1 atom stereocenters. The lowest BCUT2D eigenvalue weighted by Gasteiger charge is -2.30. The predicted molar refractivity (Wildman–Crippen MR) is 138 cm³/mol. The molecule has 3 aliphatic carbocycles. The van der Waals surface area contributed by atoms with Crippen LogP contribution in [0.1, 0.15) is 64.2 Å². The third-order valence-corrected chi connectivity index (χ3v) is 7.63. The molecular formula is C31H36F4. The second-order valence-electron chi connectivity index (χ2n) is 9.81. The Hall–Kier alpha value is -2.62. The van der Waals surface area contributed by atoms with E-state index in [0.717, 1.165) is 44.9 Å². The normalized spacial score (nSPS) is 34.2. The molecule has 1 saturated carbocycles. The molecule has 35 heavy (non-hydrogen) atoms. The highest BCUT2D eigenvalue weighted by molar-refractivity contribution is 5.57. The summed E-state index contributed by atoms with van der Waals surface area (Å²) in [6.07, 6.45) is 16.5. The van der Waals surface area contributed by atoms with Gasteiger partial charge in [0.05, 0.1) is 0 Å². The number of hydrogen-bond donors (Lipinski definition) is 0. The Morgan fingerprint density at radius 1 is 0.800 bits per heavy atom. The third-order valence-electron chi connectivity index (χ3n) is 7.63. The van der Waals surface area contributed by atoms with E-state index in [1.807, 2.05) is 18.2 Å². The van der Waals surface area contributed by atoms with Crippen molar-refractivity contribution in [1.29, 1.82) is 0 Å². The average Bonchev–Trinajstić information content (AvgIpc) is 2.90. The average molecular weight is 485 g/mol. The lowest BCUT2D eigenvalue weighted by Crippen LogP contribution is -2.17. The maximum absolute atomic E-state index is 15.4. The Kier molecular flexibility index (Phi) is 9.54. The zero-order chi connectivity index (χ0) is 25.5. The minimum atomic E-state index is -1.30. The molecule has 1 unspecified atom stereocenters. The summed E-state index contributed by atoms with van der Waals surface area (Å²) >= 11 is 0. The Balaban J connectivity index is 1.97. The topological polar surface area (TPSA) is 0 Å². The van der Waals surface area contributed by atoms with Gasteiger partial charge in [0.15, 0.2) is 23.3 Å². The molecule has 0 bridgehead atoms. The summed E-state index contributed by atoms with van der Waals surface area (Å²) in [6, 6.07) is 0. The number of rotatable bonds is 6. The van der Waals surface area contributed by atoms with E-state index in [9.17, 15) is 0 Å². The van der Waals surface area contributed by atoms with Crippen LogP contribution >= 0.6 is 0 Å². The molecule has 0 saturated heterocycles. The van der Waals surface area contributed by atoms with Crippen LogP contribution in [-0.2, 0) is 0 Å². The van der Waals surface area contributed by atoms with E-state index in [4.69, 9.17) is 0 Å². The van der Waals surface area contributed by atoms with Crippen molar-refractivity contribution in [3.05, 3.63) is 108 Å². The summed E-state index contributed by atoms with van der Waals surface area (Å²) < 4.78 is 61.0. The molecule has 0 heterocycles. The van der Waals surface area contributed by atoms with Crippen LogP contribution in [0.15, 0.2) is 108 Å².